The molecule has 6 heteroatoms. The van der Waals surface area contributed by atoms with Crippen molar-refractivity contribution in [1.29, 1.82) is 0 Å². The highest BCUT2D eigenvalue weighted by Crippen LogP contribution is 2.23. The van der Waals surface area contributed by atoms with Gasteiger partial charge in [0.1, 0.15) is 5.69 Å². The van der Waals surface area contributed by atoms with Crippen molar-refractivity contribution in [2.75, 3.05) is 7.05 Å². The molecule has 0 spiro atoms. The van der Waals surface area contributed by atoms with Crippen LogP contribution in [0.1, 0.15) is 15.4 Å². The first-order valence-electron chi connectivity index (χ1n) is 4.90. The van der Waals surface area contributed by atoms with Crippen molar-refractivity contribution in [3.63, 3.8) is 0 Å². The first-order chi connectivity index (χ1) is 8.06. The molecule has 90 valence electrons. The lowest BCUT2D eigenvalue weighted by atomic mass is 10.3. The zero-order chi connectivity index (χ0) is 12.4. The summed E-state index contributed by atoms with van der Waals surface area (Å²) in [6, 6.07) is 5.53. The monoisotopic (exact) mass is 332 g/mol. The zero-order valence-corrected chi connectivity index (χ0v) is 12.2. The number of halogens is 2. The van der Waals surface area contributed by atoms with Crippen molar-refractivity contribution in [2.45, 2.75) is 6.54 Å². The van der Waals surface area contributed by atoms with Gasteiger partial charge in [-0.3, -0.25) is 4.79 Å². The fraction of sp³-hybridized carbons (Fsp3) is 0.182. The normalized spacial score (nSPS) is 10.5. The lowest BCUT2D eigenvalue weighted by Crippen LogP contribution is -2.26. The summed E-state index contributed by atoms with van der Waals surface area (Å²) in [5, 5.41) is 0. The Morgan fingerprint density at radius 3 is 2.88 bits per heavy atom. The molecule has 2 heterocycles. The minimum Gasteiger partial charge on any atom is -0.356 e. The maximum atomic E-state index is 12.0. The number of hydrogen-bond acceptors (Lipinski definition) is 2. The van der Waals surface area contributed by atoms with E-state index in [1.54, 1.807) is 24.2 Å². The number of hydrogen-bond donors (Lipinski definition) is 1. The number of H-pyrrole nitrogens is 1. The molecule has 0 aromatic carbocycles. The molecule has 3 nitrogen and oxygen atoms in total. The molecule has 0 saturated heterocycles. The van der Waals surface area contributed by atoms with Crippen molar-refractivity contribution in [1.82, 2.24) is 9.88 Å². The van der Waals surface area contributed by atoms with Crippen LogP contribution in [0.25, 0.3) is 0 Å². The Hall–Kier alpha value is -0.780. The topological polar surface area (TPSA) is 36.1 Å². The lowest BCUT2D eigenvalue weighted by Gasteiger charge is -2.14. The maximum absolute atomic E-state index is 12.0. The fourth-order valence-corrected chi connectivity index (χ4v) is 2.92. The van der Waals surface area contributed by atoms with E-state index < -0.39 is 0 Å². The van der Waals surface area contributed by atoms with Crippen LogP contribution in [-0.2, 0) is 6.54 Å². The van der Waals surface area contributed by atoms with Crippen LogP contribution in [0, 0.1) is 0 Å². The average molecular weight is 334 g/mol. The van der Waals surface area contributed by atoms with Crippen LogP contribution in [0.4, 0.5) is 0 Å². The third-order valence-corrected chi connectivity index (χ3v) is 3.92. The first-order valence-corrected chi connectivity index (χ1v) is 6.88. The molecule has 2 aromatic heterocycles. The van der Waals surface area contributed by atoms with Gasteiger partial charge in [0.2, 0.25) is 0 Å². The molecule has 0 aliphatic carbocycles. The van der Waals surface area contributed by atoms with Crippen molar-refractivity contribution in [3.05, 3.63) is 43.8 Å². The van der Waals surface area contributed by atoms with E-state index in [4.69, 9.17) is 11.6 Å². The smallest absolute Gasteiger partial charge is 0.270 e. The molecule has 1 amide bonds. The van der Waals surface area contributed by atoms with E-state index in [1.807, 2.05) is 12.1 Å². The third-order valence-electron chi connectivity index (χ3n) is 2.25. The minimum absolute atomic E-state index is 0.0415. The largest absolute Gasteiger partial charge is 0.356 e. The Kier molecular flexibility index (Phi) is 3.91. The highest BCUT2D eigenvalue weighted by atomic mass is 79.9. The van der Waals surface area contributed by atoms with Gasteiger partial charge in [-0.1, -0.05) is 11.6 Å². The summed E-state index contributed by atoms with van der Waals surface area (Å²) in [4.78, 5) is 17.7. The van der Waals surface area contributed by atoms with E-state index in [2.05, 4.69) is 20.9 Å². The minimum atomic E-state index is -0.0415. The Morgan fingerprint density at radius 2 is 2.35 bits per heavy atom. The Morgan fingerprint density at radius 1 is 1.59 bits per heavy atom. The third kappa shape index (κ3) is 3.12. The van der Waals surface area contributed by atoms with Crippen molar-refractivity contribution in [3.8, 4) is 0 Å². The van der Waals surface area contributed by atoms with Crippen molar-refractivity contribution in [2.24, 2.45) is 0 Å². The summed E-state index contributed by atoms with van der Waals surface area (Å²) >= 11 is 10.6. The van der Waals surface area contributed by atoms with E-state index in [0.717, 1.165) is 13.7 Å². The molecule has 0 aliphatic rings. The van der Waals surface area contributed by atoms with Crippen LogP contribution in [0.3, 0.4) is 0 Å². The van der Waals surface area contributed by atoms with Gasteiger partial charge in [0, 0.05) is 22.6 Å². The van der Waals surface area contributed by atoms with E-state index in [1.165, 1.54) is 11.3 Å². The van der Waals surface area contributed by atoms with Gasteiger partial charge in [-0.2, -0.15) is 0 Å². The number of rotatable bonds is 3. The number of carbonyl (C=O) groups is 1. The predicted octanol–water partition coefficient (Wildman–Crippen LogP) is 3.76. The van der Waals surface area contributed by atoms with Gasteiger partial charge in [0.15, 0.2) is 0 Å². The second kappa shape index (κ2) is 5.25. The molecule has 2 rings (SSSR count). The molecular weight excluding hydrogens is 324 g/mol. The quantitative estimate of drug-likeness (QED) is 0.912. The summed E-state index contributed by atoms with van der Waals surface area (Å²) in [5.74, 6) is -0.0415. The summed E-state index contributed by atoms with van der Waals surface area (Å²) < 4.78 is 1.61. The van der Waals surface area contributed by atoms with E-state index >= 15 is 0 Å². The van der Waals surface area contributed by atoms with Gasteiger partial charge in [0.05, 0.1) is 10.9 Å². The standard InChI is InChI=1S/C11H10BrClN2OS/c1-15(6-8-2-3-10(13)17-8)11(16)9-4-7(12)5-14-9/h2-5,14H,6H2,1H3. The van der Waals surface area contributed by atoms with Crippen molar-refractivity contribution >= 4 is 44.8 Å². The summed E-state index contributed by atoms with van der Waals surface area (Å²) in [5.41, 5.74) is 0.571. The Bertz CT molecular complexity index is 537. The van der Waals surface area contributed by atoms with Gasteiger partial charge in [0.25, 0.3) is 5.91 Å². The molecule has 0 bridgehead atoms. The average Bonchev–Trinajstić information content (AvgIpc) is 2.87. The second-order valence-corrected chi connectivity index (χ2v) is 6.31. The molecule has 2 aromatic rings. The van der Waals surface area contributed by atoms with Crippen LogP contribution in [-0.4, -0.2) is 22.8 Å². The van der Waals surface area contributed by atoms with Crippen molar-refractivity contribution < 1.29 is 4.79 Å². The summed E-state index contributed by atoms with van der Waals surface area (Å²) in [6.07, 6.45) is 1.74. The van der Waals surface area contributed by atoms with Crippen LogP contribution in [0.2, 0.25) is 4.34 Å². The van der Waals surface area contributed by atoms with Gasteiger partial charge >= 0.3 is 0 Å². The molecular formula is C11H10BrClN2OS. The number of thiophene rings is 1. The lowest BCUT2D eigenvalue weighted by molar-refractivity contribution is 0.0781. The van der Waals surface area contributed by atoms with Gasteiger partial charge in [-0.15, -0.1) is 11.3 Å². The number of aromatic nitrogens is 1. The van der Waals surface area contributed by atoms with Crippen LogP contribution >= 0.6 is 38.9 Å². The highest BCUT2D eigenvalue weighted by molar-refractivity contribution is 9.10. The SMILES string of the molecule is CN(Cc1ccc(Cl)s1)C(=O)c1cc(Br)c[nH]1. The number of amides is 1. The summed E-state index contributed by atoms with van der Waals surface area (Å²) in [6.45, 7) is 0.562. The zero-order valence-electron chi connectivity index (χ0n) is 9.04. The summed E-state index contributed by atoms with van der Waals surface area (Å²) in [7, 11) is 1.77. The highest BCUT2D eigenvalue weighted by Gasteiger charge is 2.14. The Labute approximate surface area is 117 Å². The van der Waals surface area contributed by atoms with Gasteiger partial charge in [-0.05, 0) is 34.1 Å². The second-order valence-electron chi connectivity index (χ2n) is 3.60. The molecule has 0 unspecified atom stereocenters. The fourth-order valence-electron chi connectivity index (χ4n) is 1.44. The van der Waals surface area contributed by atoms with Gasteiger partial charge in [-0.25, -0.2) is 0 Å². The first kappa shape index (κ1) is 12.7. The van der Waals surface area contributed by atoms with E-state index in [-0.39, 0.29) is 5.91 Å². The number of nitrogens with one attached hydrogen (secondary N) is 1. The van der Waals surface area contributed by atoms with Crippen LogP contribution in [0.15, 0.2) is 28.9 Å². The Balaban J connectivity index is 2.05. The predicted molar refractivity (Wildman–Crippen MR) is 73.6 cm³/mol. The van der Waals surface area contributed by atoms with E-state index in [9.17, 15) is 4.79 Å². The molecule has 0 radical (unpaired) electrons. The molecule has 0 atom stereocenters. The van der Waals surface area contributed by atoms with Gasteiger partial charge < -0.3 is 9.88 Å². The number of nitrogens with zero attached hydrogens (tertiary/aromatic N) is 1. The molecule has 1 N–H and O–H groups in total. The van der Waals surface area contributed by atoms with Crippen LogP contribution in [0.5, 0.6) is 0 Å². The number of aromatic amines is 1. The maximum Gasteiger partial charge on any atom is 0.270 e. The number of carbonyl (C=O) groups excluding carboxylic acids is 1. The molecule has 0 saturated carbocycles. The molecule has 0 aliphatic heterocycles. The van der Waals surface area contributed by atoms with E-state index in [0.29, 0.717) is 12.2 Å². The molecule has 17 heavy (non-hydrogen) atoms. The molecule has 0 fully saturated rings. The van der Waals surface area contributed by atoms with Crippen LogP contribution < -0.4 is 0 Å².